The van der Waals surface area contributed by atoms with Gasteiger partial charge < -0.3 is 10.1 Å². The molecule has 3 nitrogen and oxygen atoms in total. The topological polar surface area (TPSA) is 38.3 Å². The third-order valence-corrected chi connectivity index (χ3v) is 3.41. The predicted molar refractivity (Wildman–Crippen MR) is 92.1 cm³/mol. The number of amides is 1. The molecule has 0 saturated carbocycles. The fourth-order valence-electron chi connectivity index (χ4n) is 2.19. The van der Waals surface area contributed by atoms with Gasteiger partial charge in [0.2, 0.25) is 0 Å². The fraction of sp³-hybridized carbons (Fsp3) is 0.0500. The average Bonchev–Trinajstić information content (AvgIpc) is 2.58. The monoisotopic (exact) mass is 303 g/mol. The molecule has 23 heavy (non-hydrogen) atoms. The highest BCUT2D eigenvalue weighted by atomic mass is 16.5. The van der Waals surface area contributed by atoms with E-state index in [-0.39, 0.29) is 5.91 Å². The van der Waals surface area contributed by atoms with E-state index in [0.29, 0.717) is 17.1 Å². The molecule has 0 bridgehead atoms. The third-order valence-electron chi connectivity index (χ3n) is 3.41. The molecular formula is C20H17NO2. The van der Waals surface area contributed by atoms with Gasteiger partial charge >= 0.3 is 0 Å². The number of ether oxygens (including phenoxy) is 1. The Labute approximate surface area is 135 Å². The zero-order valence-corrected chi connectivity index (χ0v) is 12.8. The summed E-state index contributed by atoms with van der Waals surface area (Å²) in [4.78, 5) is 12.5. The number of hydrogen-bond acceptors (Lipinski definition) is 2. The molecular weight excluding hydrogens is 286 g/mol. The number of carbonyl (C=O) groups excluding carboxylic acids is 1. The highest BCUT2D eigenvalue weighted by Crippen LogP contribution is 2.25. The minimum Gasteiger partial charge on any atom is -0.457 e. The molecule has 0 aliphatic carbocycles. The van der Waals surface area contributed by atoms with Crippen LogP contribution in [-0.4, -0.2) is 5.91 Å². The minimum absolute atomic E-state index is 0.194. The molecule has 0 fully saturated rings. The standard InChI is InChI=1S/C20H17NO2/c1-15-11-13-16(14-12-15)21-20(22)18-9-5-6-10-19(18)23-17-7-3-2-4-8-17/h2-14H,1H3,(H,21,22). The van der Waals surface area contributed by atoms with E-state index in [2.05, 4.69) is 5.32 Å². The van der Waals surface area contributed by atoms with Crippen molar-refractivity contribution in [3.8, 4) is 11.5 Å². The van der Waals surface area contributed by atoms with Gasteiger partial charge in [-0.2, -0.15) is 0 Å². The second kappa shape index (κ2) is 6.79. The summed E-state index contributed by atoms with van der Waals surface area (Å²) in [5, 5.41) is 2.89. The van der Waals surface area contributed by atoms with Gasteiger partial charge in [0.05, 0.1) is 5.56 Å². The maximum Gasteiger partial charge on any atom is 0.259 e. The summed E-state index contributed by atoms with van der Waals surface area (Å²) in [5.41, 5.74) is 2.41. The Morgan fingerprint density at radius 3 is 2.22 bits per heavy atom. The molecule has 0 radical (unpaired) electrons. The Morgan fingerprint density at radius 1 is 0.826 bits per heavy atom. The van der Waals surface area contributed by atoms with Crippen molar-refractivity contribution in [2.75, 3.05) is 5.32 Å². The quantitative estimate of drug-likeness (QED) is 0.733. The smallest absolute Gasteiger partial charge is 0.259 e. The molecule has 0 atom stereocenters. The second-order valence-electron chi connectivity index (χ2n) is 5.23. The molecule has 0 spiro atoms. The van der Waals surface area contributed by atoms with Gasteiger partial charge in [0, 0.05) is 5.69 Å². The summed E-state index contributed by atoms with van der Waals surface area (Å²) >= 11 is 0. The maximum atomic E-state index is 12.5. The molecule has 0 aliphatic heterocycles. The summed E-state index contributed by atoms with van der Waals surface area (Å²) in [6, 6.07) is 24.3. The molecule has 0 saturated heterocycles. The van der Waals surface area contributed by atoms with Crippen LogP contribution in [0.25, 0.3) is 0 Å². The SMILES string of the molecule is Cc1ccc(NC(=O)c2ccccc2Oc2ccccc2)cc1. The van der Waals surface area contributed by atoms with E-state index >= 15 is 0 Å². The van der Waals surface area contributed by atoms with Gasteiger partial charge in [-0.05, 0) is 43.3 Å². The molecule has 0 heterocycles. The van der Waals surface area contributed by atoms with E-state index < -0.39 is 0 Å². The summed E-state index contributed by atoms with van der Waals surface area (Å²) in [5.74, 6) is 1.03. The van der Waals surface area contributed by atoms with Gasteiger partial charge in [0.1, 0.15) is 11.5 Å². The van der Waals surface area contributed by atoms with E-state index in [1.54, 1.807) is 12.1 Å². The zero-order valence-electron chi connectivity index (χ0n) is 12.8. The lowest BCUT2D eigenvalue weighted by atomic mass is 10.1. The van der Waals surface area contributed by atoms with Crippen molar-refractivity contribution in [1.82, 2.24) is 0 Å². The van der Waals surface area contributed by atoms with Crippen LogP contribution >= 0.6 is 0 Å². The largest absolute Gasteiger partial charge is 0.457 e. The van der Waals surface area contributed by atoms with Crippen molar-refractivity contribution in [3.63, 3.8) is 0 Å². The minimum atomic E-state index is -0.194. The first-order valence-electron chi connectivity index (χ1n) is 7.42. The first-order chi connectivity index (χ1) is 11.2. The first-order valence-corrected chi connectivity index (χ1v) is 7.42. The van der Waals surface area contributed by atoms with E-state index in [1.807, 2.05) is 73.7 Å². The Morgan fingerprint density at radius 2 is 1.48 bits per heavy atom. The van der Waals surface area contributed by atoms with Gasteiger partial charge in [0.15, 0.2) is 0 Å². The van der Waals surface area contributed by atoms with Gasteiger partial charge in [-0.15, -0.1) is 0 Å². The number of hydrogen-bond donors (Lipinski definition) is 1. The number of para-hydroxylation sites is 2. The van der Waals surface area contributed by atoms with E-state index in [9.17, 15) is 4.79 Å². The highest BCUT2D eigenvalue weighted by Gasteiger charge is 2.13. The maximum absolute atomic E-state index is 12.5. The molecule has 114 valence electrons. The summed E-state index contributed by atoms with van der Waals surface area (Å²) in [6.45, 7) is 2.01. The van der Waals surface area contributed by atoms with Crippen LogP contribution in [0.1, 0.15) is 15.9 Å². The molecule has 1 N–H and O–H groups in total. The van der Waals surface area contributed by atoms with Crippen LogP contribution in [0.15, 0.2) is 78.9 Å². The van der Waals surface area contributed by atoms with Crippen LogP contribution in [0.5, 0.6) is 11.5 Å². The van der Waals surface area contributed by atoms with E-state index in [1.165, 1.54) is 0 Å². The molecule has 3 aromatic rings. The van der Waals surface area contributed by atoms with Crippen LogP contribution in [0.4, 0.5) is 5.69 Å². The molecule has 0 unspecified atom stereocenters. The molecule has 3 rings (SSSR count). The Balaban J connectivity index is 1.82. The molecule has 0 aliphatic rings. The normalized spacial score (nSPS) is 10.1. The van der Waals surface area contributed by atoms with Gasteiger partial charge in [0.25, 0.3) is 5.91 Å². The molecule has 0 aromatic heterocycles. The van der Waals surface area contributed by atoms with Crippen LogP contribution in [-0.2, 0) is 0 Å². The predicted octanol–water partition coefficient (Wildman–Crippen LogP) is 5.04. The van der Waals surface area contributed by atoms with E-state index in [4.69, 9.17) is 4.74 Å². The van der Waals surface area contributed by atoms with Crippen molar-refractivity contribution in [2.24, 2.45) is 0 Å². The number of anilines is 1. The van der Waals surface area contributed by atoms with Gasteiger partial charge in [-0.1, -0.05) is 48.0 Å². The molecule has 3 heteroatoms. The number of benzene rings is 3. The van der Waals surface area contributed by atoms with Crippen molar-refractivity contribution in [3.05, 3.63) is 90.0 Å². The Kier molecular flexibility index (Phi) is 4.39. The molecule has 1 amide bonds. The van der Waals surface area contributed by atoms with Crippen LogP contribution < -0.4 is 10.1 Å². The third kappa shape index (κ3) is 3.77. The van der Waals surface area contributed by atoms with Crippen molar-refractivity contribution in [1.29, 1.82) is 0 Å². The molecule has 3 aromatic carbocycles. The van der Waals surface area contributed by atoms with Crippen LogP contribution in [0.3, 0.4) is 0 Å². The average molecular weight is 303 g/mol. The Bertz CT molecular complexity index is 795. The summed E-state index contributed by atoms with van der Waals surface area (Å²) in [6.07, 6.45) is 0. The van der Waals surface area contributed by atoms with Crippen LogP contribution in [0, 0.1) is 6.92 Å². The number of carbonyl (C=O) groups is 1. The fourth-order valence-corrected chi connectivity index (χ4v) is 2.19. The lowest BCUT2D eigenvalue weighted by Crippen LogP contribution is -2.12. The number of rotatable bonds is 4. The number of aryl methyl sites for hydroxylation is 1. The highest BCUT2D eigenvalue weighted by molar-refractivity contribution is 6.06. The van der Waals surface area contributed by atoms with E-state index in [0.717, 1.165) is 11.3 Å². The van der Waals surface area contributed by atoms with Gasteiger partial charge in [-0.25, -0.2) is 0 Å². The van der Waals surface area contributed by atoms with Crippen molar-refractivity contribution < 1.29 is 9.53 Å². The van der Waals surface area contributed by atoms with Crippen molar-refractivity contribution >= 4 is 11.6 Å². The second-order valence-corrected chi connectivity index (χ2v) is 5.23. The first kappa shape index (κ1) is 14.9. The van der Waals surface area contributed by atoms with Gasteiger partial charge in [-0.3, -0.25) is 4.79 Å². The Hall–Kier alpha value is -3.07. The lowest BCUT2D eigenvalue weighted by molar-refractivity contribution is 0.102. The lowest BCUT2D eigenvalue weighted by Gasteiger charge is -2.11. The van der Waals surface area contributed by atoms with Crippen LogP contribution in [0.2, 0.25) is 0 Å². The summed E-state index contributed by atoms with van der Waals surface area (Å²) < 4.78 is 5.83. The van der Waals surface area contributed by atoms with Crippen molar-refractivity contribution in [2.45, 2.75) is 6.92 Å². The summed E-state index contributed by atoms with van der Waals surface area (Å²) in [7, 11) is 0. The zero-order chi connectivity index (χ0) is 16.1. The number of nitrogens with one attached hydrogen (secondary N) is 1.